The van der Waals surface area contributed by atoms with Crippen LogP contribution in [0.15, 0.2) is 0 Å². The molecule has 0 heterocycles. The summed E-state index contributed by atoms with van der Waals surface area (Å²) in [6.07, 6.45) is 4.75. The van der Waals surface area contributed by atoms with Crippen molar-refractivity contribution in [2.75, 3.05) is 0 Å². The second-order valence-electron chi connectivity index (χ2n) is 4.99. The molecule has 0 amide bonds. The standard InChI is InChI=1S/C12H20O/c1-4-9(5-2)12-6-10(12)8(3)11(13)7-12/h8-10H,4-7H2,1-3H3/t8-,10+,12-/m0/s1. The maximum absolute atomic E-state index is 11.6. The Hall–Kier alpha value is -0.330. The van der Waals surface area contributed by atoms with Gasteiger partial charge in [0.05, 0.1) is 0 Å². The van der Waals surface area contributed by atoms with E-state index in [0.717, 1.165) is 18.3 Å². The Morgan fingerprint density at radius 1 is 1.46 bits per heavy atom. The van der Waals surface area contributed by atoms with Crippen LogP contribution in [0.1, 0.15) is 46.5 Å². The minimum atomic E-state index is 0.376. The van der Waals surface area contributed by atoms with Gasteiger partial charge in [-0.25, -0.2) is 0 Å². The number of hydrogen-bond acceptors (Lipinski definition) is 1. The third-order valence-corrected chi connectivity index (χ3v) is 4.59. The first kappa shape index (κ1) is 9.23. The first-order valence-corrected chi connectivity index (χ1v) is 5.68. The molecule has 0 N–H and O–H groups in total. The Bertz CT molecular complexity index is 229. The Morgan fingerprint density at radius 3 is 2.46 bits per heavy atom. The first-order valence-electron chi connectivity index (χ1n) is 5.68. The summed E-state index contributed by atoms with van der Waals surface area (Å²) >= 11 is 0. The summed E-state index contributed by atoms with van der Waals surface area (Å²) in [5.41, 5.74) is 0.472. The van der Waals surface area contributed by atoms with Crippen molar-refractivity contribution in [3.63, 3.8) is 0 Å². The lowest BCUT2D eigenvalue weighted by molar-refractivity contribution is -0.121. The van der Waals surface area contributed by atoms with E-state index >= 15 is 0 Å². The lowest BCUT2D eigenvalue weighted by Gasteiger charge is -2.21. The van der Waals surface area contributed by atoms with Crippen molar-refractivity contribution in [3.05, 3.63) is 0 Å². The first-order chi connectivity index (χ1) is 6.15. The van der Waals surface area contributed by atoms with Gasteiger partial charge in [-0.2, -0.15) is 0 Å². The number of carbonyl (C=O) groups is 1. The summed E-state index contributed by atoms with van der Waals surface area (Å²) in [5, 5.41) is 0. The van der Waals surface area contributed by atoms with Crippen LogP contribution in [0, 0.1) is 23.2 Å². The van der Waals surface area contributed by atoms with Gasteiger partial charge in [-0.15, -0.1) is 0 Å². The summed E-state index contributed by atoms with van der Waals surface area (Å²) < 4.78 is 0. The average Bonchev–Trinajstić information content (AvgIpc) is 2.75. The molecule has 0 spiro atoms. The highest BCUT2D eigenvalue weighted by atomic mass is 16.1. The quantitative estimate of drug-likeness (QED) is 0.652. The molecule has 2 aliphatic rings. The summed E-state index contributed by atoms with van der Waals surface area (Å²) in [6, 6.07) is 0. The molecule has 0 aromatic rings. The smallest absolute Gasteiger partial charge is 0.136 e. The van der Waals surface area contributed by atoms with Crippen molar-refractivity contribution < 1.29 is 4.79 Å². The zero-order valence-electron chi connectivity index (χ0n) is 8.97. The van der Waals surface area contributed by atoms with Gasteiger partial charge in [-0.3, -0.25) is 4.79 Å². The predicted molar refractivity (Wildman–Crippen MR) is 53.4 cm³/mol. The van der Waals surface area contributed by atoms with Crippen LogP contribution >= 0.6 is 0 Å². The molecular formula is C12H20O. The van der Waals surface area contributed by atoms with Crippen molar-refractivity contribution >= 4 is 5.78 Å². The fraction of sp³-hybridized carbons (Fsp3) is 0.917. The van der Waals surface area contributed by atoms with E-state index in [1.165, 1.54) is 19.3 Å². The number of Topliss-reactive ketones (excluding diaryl/α,β-unsaturated/α-hetero) is 1. The fourth-order valence-electron chi connectivity index (χ4n) is 3.65. The molecule has 0 unspecified atom stereocenters. The van der Waals surface area contributed by atoms with Crippen molar-refractivity contribution in [1.29, 1.82) is 0 Å². The number of carbonyl (C=O) groups excluding carboxylic acids is 1. The molecular weight excluding hydrogens is 160 g/mol. The van der Waals surface area contributed by atoms with Crippen LogP contribution in [0.3, 0.4) is 0 Å². The molecule has 2 rings (SSSR count). The number of rotatable bonds is 3. The van der Waals surface area contributed by atoms with Gasteiger partial charge in [0.25, 0.3) is 0 Å². The normalized spacial score (nSPS) is 42.6. The highest BCUT2D eigenvalue weighted by Crippen LogP contribution is 2.69. The summed E-state index contributed by atoms with van der Waals surface area (Å²) in [7, 11) is 0. The third-order valence-electron chi connectivity index (χ3n) is 4.59. The van der Waals surface area contributed by atoms with E-state index in [-0.39, 0.29) is 0 Å². The second kappa shape index (κ2) is 2.83. The van der Waals surface area contributed by atoms with Crippen LogP contribution in [0.25, 0.3) is 0 Å². The number of hydrogen-bond donors (Lipinski definition) is 0. The third kappa shape index (κ3) is 1.09. The zero-order valence-corrected chi connectivity index (χ0v) is 8.97. The molecule has 2 saturated carbocycles. The monoisotopic (exact) mass is 180 g/mol. The molecule has 74 valence electrons. The van der Waals surface area contributed by atoms with E-state index in [1.54, 1.807) is 0 Å². The van der Waals surface area contributed by atoms with Crippen LogP contribution in [-0.2, 0) is 4.79 Å². The van der Waals surface area contributed by atoms with Crippen LogP contribution in [0.4, 0.5) is 0 Å². The molecule has 2 fully saturated rings. The predicted octanol–water partition coefficient (Wildman–Crippen LogP) is 3.04. The van der Waals surface area contributed by atoms with Crippen molar-refractivity contribution in [2.45, 2.75) is 46.5 Å². The van der Waals surface area contributed by atoms with Crippen molar-refractivity contribution in [3.8, 4) is 0 Å². The van der Waals surface area contributed by atoms with Gasteiger partial charge in [0.15, 0.2) is 0 Å². The summed E-state index contributed by atoms with van der Waals surface area (Å²) in [6.45, 7) is 6.67. The Kier molecular flexibility index (Phi) is 2.01. The van der Waals surface area contributed by atoms with E-state index in [0.29, 0.717) is 17.1 Å². The Morgan fingerprint density at radius 2 is 2.08 bits per heavy atom. The maximum atomic E-state index is 11.6. The molecule has 0 aromatic heterocycles. The van der Waals surface area contributed by atoms with E-state index < -0.39 is 0 Å². The van der Waals surface area contributed by atoms with Gasteiger partial charge < -0.3 is 0 Å². The van der Waals surface area contributed by atoms with Gasteiger partial charge in [-0.05, 0) is 23.7 Å². The molecule has 13 heavy (non-hydrogen) atoms. The number of ketones is 1. The second-order valence-corrected chi connectivity index (χ2v) is 4.99. The molecule has 0 aliphatic heterocycles. The van der Waals surface area contributed by atoms with Crippen LogP contribution in [0.2, 0.25) is 0 Å². The van der Waals surface area contributed by atoms with Gasteiger partial charge in [0.1, 0.15) is 5.78 Å². The Labute approximate surface area is 80.9 Å². The number of fused-ring (bicyclic) bond motifs is 1. The minimum Gasteiger partial charge on any atom is -0.299 e. The molecule has 1 nitrogen and oxygen atoms in total. The van der Waals surface area contributed by atoms with Crippen LogP contribution < -0.4 is 0 Å². The van der Waals surface area contributed by atoms with Crippen LogP contribution in [-0.4, -0.2) is 5.78 Å². The average molecular weight is 180 g/mol. The summed E-state index contributed by atoms with van der Waals surface area (Å²) in [4.78, 5) is 11.6. The maximum Gasteiger partial charge on any atom is 0.136 e. The topological polar surface area (TPSA) is 17.1 Å². The van der Waals surface area contributed by atoms with E-state index in [9.17, 15) is 4.79 Å². The minimum absolute atomic E-state index is 0.376. The van der Waals surface area contributed by atoms with E-state index in [4.69, 9.17) is 0 Å². The van der Waals surface area contributed by atoms with E-state index in [1.807, 2.05) is 0 Å². The molecule has 2 aliphatic carbocycles. The van der Waals surface area contributed by atoms with E-state index in [2.05, 4.69) is 20.8 Å². The Balaban J connectivity index is 2.13. The van der Waals surface area contributed by atoms with Gasteiger partial charge >= 0.3 is 0 Å². The molecule has 0 radical (unpaired) electrons. The lowest BCUT2D eigenvalue weighted by atomic mass is 9.83. The molecule has 3 atom stereocenters. The highest BCUT2D eigenvalue weighted by molar-refractivity contribution is 5.86. The highest BCUT2D eigenvalue weighted by Gasteiger charge is 2.65. The largest absolute Gasteiger partial charge is 0.299 e. The van der Waals surface area contributed by atoms with Gasteiger partial charge in [0, 0.05) is 12.3 Å². The lowest BCUT2D eigenvalue weighted by Crippen LogP contribution is -2.15. The fourth-order valence-corrected chi connectivity index (χ4v) is 3.65. The molecule has 1 heteroatoms. The molecule has 0 saturated heterocycles. The van der Waals surface area contributed by atoms with Crippen molar-refractivity contribution in [1.82, 2.24) is 0 Å². The molecule has 0 aromatic carbocycles. The van der Waals surface area contributed by atoms with Gasteiger partial charge in [-0.1, -0.05) is 33.6 Å². The molecule has 0 bridgehead atoms. The zero-order chi connectivity index (χ0) is 9.64. The van der Waals surface area contributed by atoms with Gasteiger partial charge in [0.2, 0.25) is 0 Å². The SMILES string of the molecule is CCC(CC)[C@]12CC(=O)[C@@H](C)[C@H]1C2. The van der Waals surface area contributed by atoms with Crippen molar-refractivity contribution in [2.24, 2.45) is 23.2 Å². The summed E-state index contributed by atoms with van der Waals surface area (Å²) in [5.74, 6) is 2.47. The van der Waals surface area contributed by atoms with Crippen LogP contribution in [0.5, 0.6) is 0 Å².